The second kappa shape index (κ2) is 13.4. The van der Waals surface area contributed by atoms with Crippen LogP contribution < -0.4 is 15.5 Å². The van der Waals surface area contributed by atoms with E-state index in [1.807, 2.05) is 0 Å². The van der Waals surface area contributed by atoms with Crippen LogP contribution in [-0.2, 0) is 4.79 Å². The number of hydrogen-bond donors (Lipinski definition) is 1. The molecule has 2 aliphatic rings. The molecular weight excluding hydrogens is 442 g/mol. The van der Waals surface area contributed by atoms with Crippen molar-refractivity contribution in [1.82, 2.24) is 10.2 Å². The third-order valence-electron chi connectivity index (χ3n) is 7.89. The van der Waals surface area contributed by atoms with E-state index in [9.17, 15) is 4.79 Å². The predicted molar refractivity (Wildman–Crippen MR) is 152 cm³/mol. The first kappa shape index (κ1) is 26.2. The van der Waals surface area contributed by atoms with Crippen LogP contribution in [0.1, 0.15) is 89.5 Å². The van der Waals surface area contributed by atoms with E-state index in [4.69, 9.17) is 0 Å². The number of aldehydes is 1. The average Bonchev–Trinajstić information content (AvgIpc) is 3.22. The molecule has 1 aromatic heterocycles. The molecule has 2 aromatic rings. The van der Waals surface area contributed by atoms with E-state index >= 15 is 0 Å². The second-order valence-corrected chi connectivity index (χ2v) is 10.5. The van der Waals surface area contributed by atoms with Gasteiger partial charge in [-0.2, -0.15) is 5.10 Å². The highest BCUT2D eigenvalue weighted by atomic mass is 16.1. The van der Waals surface area contributed by atoms with Gasteiger partial charge in [0.05, 0.1) is 11.5 Å². The Morgan fingerprint density at radius 3 is 2.47 bits per heavy atom. The van der Waals surface area contributed by atoms with Crippen molar-refractivity contribution in [3.8, 4) is 0 Å². The van der Waals surface area contributed by atoms with Gasteiger partial charge in [0, 0.05) is 29.9 Å². The van der Waals surface area contributed by atoms with Crippen molar-refractivity contribution >= 4 is 30.2 Å². The number of carbonyl (C=O) groups excluding carboxylic acids is 1. The lowest BCUT2D eigenvalue weighted by molar-refractivity contribution is -0.111. The summed E-state index contributed by atoms with van der Waals surface area (Å²) in [7, 11) is 0. The summed E-state index contributed by atoms with van der Waals surface area (Å²) in [6.07, 6.45) is 21.9. The van der Waals surface area contributed by atoms with E-state index in [1.54, 1.807) is 11.8 Å². The largest absolute Gasteiger partial charge is 0.371 e. The van der Waals surface area contributed by atoms with Crippen LogP contribution in [0, 0.1) is 5.92 Å². The van der Waals surface area contributed by atoms with Gasteiger partial charge in [0.2, 0.25) is 0 Å². The molecule has 0 unspecified atom stereocenters. The SMILES string of the molecule is C=c1cn[nH]/c1=C/C=C1\CCCCC(CCCCCCC)=C1c1ccc(N2CCC(C=O)CC2)cc1. The van der Waals surface area contributed by atoms with Crippen LogP contribution >= 0.6 is 0 Å². The number of allylic oxidation sites excluding steroid dienone is 4. The predicted octanol–water partition coefficient (Wildman–Crippen LogP) is 6.33. The summed E-state index contributed by atoms with van der Waals surface area (Å²) in [6.45, 7) is 8.31. The standard InChI is InChI=1S/C32H43N3O/c1-3-4-5-6-7-10-27-11-8-9-12-28(15-18-31-25(2)23-33-34-31)32(27)29-13-16-30(17-14-29)35-21-19-26(24-36)20-22-35/h13-18,23-24,26,34H,2-12,19-22H2,1H3/b28-15+,31-18+. The maximum atomic E-state index is 11.1. The second-order valence-electron chi connectivity index (χ2n) is 10.5. The van der Waals surface area contributed by atoms with Crippen LogP contribution in [0.5, 0.6) is 0 Å². The van der Waals surface area contributed by atoms with Crippen LogP contribution in [-0.4, -0.2) is 29.6 Å². The Morgan fingerprint density at radius 1 is 1.03 bits per heavy atom. The number of rotatable bonds is 10. The summed E-state index contributed by atoms with van der Waals surface area (Å²) in [5, 5.41) is 9.14. The third-order valence-corrected chi connectivity index (χ3v) is 7.89. The van der Waals surface area contributed by atoms with Gasteiger partial charge in [0.15, 0.2) is 0 Å². The molecule has 1 aliphatic carbocycles. The molecule has 0 radical (unpaired) electrons. The number of benzene rings is 1. The summed E-state index contributed by atoms with van der Waals surface area (Å²) in [5.41, 5.74) is 7.14. The molecule has 0 amide bonds. The van der Waals surface area contributed by atoms with Crippen molar-refractivity contribution < 1.29 is 4.79 Å². The van der Waals surface area contributed by atoms with E-state index in [2.05, 4.69) is 65.0 Å². The molecule has 0 saturated carbocycles. The highest BCUT2D eigenvalue weighted by Crippen LogP contribution is 2.38. The zero-order valence-corrected chi connectivity index (χ0v) is 22.1. The normalized spacial score (nSPS) is 19.2. The van der Waals surface area contributed by atoms with Crippen molar-refractivity contribution in [2.75, 3.05) is 18.0 Å². The maximum Gasteiger partial charge on any atom is 0.123 e. The molecule has 2 heterocycles. The summed E-state index contributed by atoms with van der Waals surface area (Å²) in [4.78, 5) is 13.6. The lowest BCUT2D eigenvalue weighted by Gasteiger charge is -2.31. The molecule has 4 heteroatoms. The van der Waals surface area contributed by atoms with E-state index in [0.717, 1.165) is 49.2 Å². The van der Waals surface area contributed by atoms with Crippen LogP contribution in [0.2, 0.25) is 0 Å². The van der Waals surface area contributed by atoms with Crippen molar-refractivity contribution in [3.05, 3.63) is 63.8 Å². The van der Waals surface area contributed by atoms with E-state index < -0.39 is 0 Å². The van der Waals surface area contributed by atoms with E-state index in [-0.39, 0.29) is 5.92 Å². The van der Waals surface area contributed by atoms with Gasteiger partial charge < -0.3 is 9.69 Å². The van der Waals surface area contributed by atoms with Gasteiger partial charge in [-0.15, -0.1) is 0 Å². The van der Waals surface area contributed by atoms with E-state index in [0.29, 0.717) is 0 Å². The topological polar surface area (TPSA) is 49.0 Å². The highest BCUT2D eigenvalue weighted by molar-refractivity contribution is 5.83. The molecule has 0 atom stereocenters. The van der Waals surface area contributed by atoms with Crippen LogP contribution in [0.4, 0.5) is 5.69 Å². The highest BCUT2D eigenvalue weighted by Gasteiger charge is 2.20. The van der Waals surface area contributed by atoms with Crippen molar-refractivity contribution in [2.24, 2.45) is 5.92 Å². The monoisotopic (exact) mass is 485 g/mol. The Balaban J connectivity index is 1.63. The van der Waals surface area contributed by atoms with Crippen LogP contribution in [0.15, 0.2) is 47.7 Å². The molecule has 1 aliphatic heterocycles. The van der Waals surface area contributed by atoms with Gasteiger partial charge >= 0.3 is 0 Å². The van der Waals surface area contributed by atoms with Crippen molar-refractivity contribution in [3.63, 3.8) is 0 Å². The number of hydrogen-bond acceptors (Lipinski definition) is 3. The summed E-state index contributed by atoms with van der Waals surface area (Å²) in [5.74, 6) is 0.231. The number of anilines is 1. The first-order valence-corrected chi connectivity index (χ1v) is 14.1. The molecule has 1 N–H and O–H groups in total. The number of piperidine rings is 1. The van der Waals surface area contributed by atoms with Gasteiger partial charge in [-0.1, -0.05) is 63.0 Å². The van der Waals surface area contributed by atoms with Crippen LogP contribution in [0.3, 0.4) is 0 Å². The number of aromatic nitrogens is 2. The minimum absolute atomic E-state index is 0.231. The number of nitrogens with zero attached hydrogens (tertiary/aromatic N) is 2. The Hall–Kier alpha value is -2.88. The Morgan fingerprint density at radius 2 is 1.78 bits per heavy atom. The van der Waals surface area contributed by atoms with Gasteiger partial charge in [-0.25, -0.2) is 0 Å². The maximum absolute atomic E-state index is 11.1. The smallest absolute Gasteiger partial charge is 0.123 e. The zero-order chi connectivity index (χ0) is 25.2. The molecule has 4 rings (SSSR count). The Labute approximate surface area is 216 Å². The quantitative estimate of drug-likeness (QED) is 0.316. The number of H-pyrrole nitrogens is 1. The molecule has 0 bridgehead atoms. The fourth-order valence-corrected chi connectivity index (χ4v) is 5.66. The van der Waals surface area contributed by atoms with Gasteiger partial charge in [-0.3, -0.25) is 5.10 Å². The fourth-order valence-electron chi connectivity index (χ4n) is 5.66. The molecule has 1 aromatic carbocycles. The third kappa shape index (κ3) is 6.87. The molecule has 0 spiro atoms. The molecule has 1 fully saturated rings. The summed E-state index contributed by atoms with van der Waals surface area (Å²) >= 11 is 0. The van der Waals surface area contributed by atoms with Gasteiger partial charge in [-0.05, 0) is 86.3 Å². The molecule has 192 valence electrons. The Bertz CT molecular complexity index is 1150. The van der Waals surface area contributed by atoms with E-state index in [1.165, 1.54) is 80.2 Å². The fraction of sp³-hybridized carbons (Fsp3) is 0.500. The van der Waals surface area contributed by atoms with Crippen molar-refractivity contribution in [1.29, 1.82) is 0 Å². The zero-order valence-electron chi connectivity index (χ0n) is 22.1. The average molecular weight is 486 g/mol. The number of nitrogens with one attached hydrogen (secondary N) is 1. The number of carbonyl (C=O) groups is 1. The lowest BCUT2D eigenvalue weighted by Crippen LogP contribution is -2.34. The molecule has 4 nitrogen and oxygen atoms in total. The minimum Gasteiger partial charge on any atom is -0.371 e. The summed E-state index contributed by atoms with van der Waals surface area (Å²) < 4.78 is 0. The first-order chi connectivity index (χ1) is 17.7. The summed E-state index contributed by atoms with van der Waals surface area (Å²) in [6, 6.07) is 9.24. The van der Waals surface area contributed by atoms with Crippen molar-refractivity contribution in [2.45, 2.75) is 84.0 Å². The lowest BCUT2D eigenvalue weighted by atomic mass is 9.88. The molecular formula is C32H43N3O. The Kier molecular flexibility index (Phi) is 9.77. The molecule has 1 saturated heterocycles. The number of unbranched alkanes of at least 4 members (excludes halogenated alkanes) is 4. The number of aromatic amines is 1. The molecule has 36 heavy (non-hydrogen) atoms. The minimum atomic E-state index is 0.231. The first-order valence-electron chi connectivity index (χ1n) is 14.1. The van der Waals surface area contributed by atoms with Gasteiger partial charge in [0.25, 0.3) is 0 Å². The van der Waals surface area contributed by atoms with Crippen LogP contribution in [0.25, 0.3) is 18.2 Å². The van der Waals surface area contributed by atoms with Gasteiger partial charge in [0.1, 0.15) is 6.29 Å².